The molecular formula is C11H9N7. The maximum Gasteiger partial charge on any atom is 0.0708 e. The molecule has 0 aliphatic heterocycles. The van der Waals surface area contributed by atoms with E-state index >= 15 is 0 Å². The largest absolute Gasteiger partial charge is 0.253 e. The van der Waals surface area contributed by atoms with Gasteiger partial charge in [0.25, 0.3) is 0 Å². The lowest BCUT2D eigenvalue weighted by Gasteiger charge is -2.04. The van der Waals surface area contributed by atoms with E-state index in [0.29, 0.717) is 12.2 Å². The third kappa shape index (κ3) is 2.49. The molecule has 0 atom stereocenters. The molecule has 1 aromatic carbocycles. The average Bonchev–Trinajstić information content (AvgIpc) is 2.42. The molecule has 2 rings (SSSR count). The van der Waals surface area contributed by atoms with Gasteiger partial charge in [0.1, 0.15) is 0 Å². The van der Waals surface area contributed by atoms with Crippen LogP contribution in [0, 0.1) is 0 Å². The summed E-state index contributed by atoms with van der Waals surface area (Å²) in [6.45, 7) is 0.526. The van der Waals surface area contributed by atoms with E-state index in [4.69, 9.17) is 11.1 Å². The molecule has 2 aromatic rings. The van der Waals surface area contributed by atoms with Crippen LogP contribution in [0.4, 0.5) is 0 Å². The number of fused-ring (bicyclic) bond motifs is 1. The number of azide groups is 2. The molecule has 0 aliphatic rings. The van der Waals surface area contributed by atoms with Crippen LogP contribution in [0.15, 0.2) is 40.6 Å². The van der Waals surface area contributed by atoms with Crippen LogP contribution in [-0.4, -0.2) is 4.98 Å². The first-order valence-corrected chi connectivity index (χ1v) is 5.24. The molecule has 0 unspecified atom stereocenters. The molecule has 88 valence electrons. The van der Waals surface area contributed by atoms with E-state index in [1.54, 1.807) is 6.07 Å². The second kappa shape index (κ2) is 5.54. The van der Waals surface area contributed by atoms with Gasteiger partial charge in [-0.3, -0.25) is 4.98 Å². The van der Waals surface area contributed by atoms with Gasteiger partial charge in [-0.15, -0.1) is 0 Å². The molecule has 0 radical (unpaired) electrons. The Balaban J connectivity index is 2.45. The van der Waals surface area contributed by atoms with Crippen LogP contribution in [0.2, 0.25) is 0 Å². The summed E-state index contributed by atoms with van der Waals surface area (Å²) < 4.78 is 0. The smallest absolute Gasteiger partial charge is 0.0708 e. The molecule has 0 saturated carbocycles. The maximum atomic E-state index is 8.34. The molecule has 18 heavy (non-hydrogen) atoms. The Hall–Kier alpha value is -2.75. The third-order valence-electron chi connectivity index (χ3n) is 2.48. The number of rotatable bonds is 4. The van der Waals surface area contributed by atoms with Crippen LogP contribution in [-0.2, 0) is 13.1 Å². The minimum absolute atomic E-state index is 0.229. The van der Waals surface area contributed by atoms with Crippen molar-refractivity contribution in [3.05, 3.63) is 62.5 Å². The topological polar surface area (TPSA) is 110 Å². The molecule has 0 spiro atoms. The van der Waals surface area contributed by atoms with Gasteiger partial charge in [0.15, 0.2) is 0 Å². The van der Waals surface area contributed by atoms with E-state index in [1.165, 1.54) is 0 Å². The van der Waals surface area contributed by atoms with Crippen molar-refractivity contribution in [2.75, 3.05) is 0 Å². The van der Waals surface area contributed by atoms with Gasteiger partial charge in [-0.05, 0) is 28.8 Å². The number of aromatic nitrogens is 1. The van der Waals surface area contributed by atoms with Crippen molar-refractivity contribution in [3.8, 4) is 0 Å². The zero-order valence-corrected chi connectivity index (χ0v) is 9.43. The van der Waals surface area contributed by atoms with Gasteiger partial charge >= 0.3 is 0 Å². The van der Waals surface area contributed by atoms with Crippen LogP contribution in [0.25, 0.3) is 31.8 Å². The summed E-state index contributed by atoms with van der Waals surface area (Å²) in [4.78, 5) is 9.83. The molecule has 0 amide bonds. The van der Waals surface area contributed by atoms with Crippen LogP contribution < -0.4 is 0 Å². The molecule has 0 N–H and O–H groups in total. The van der Waals surface area contributed by atoms with Crippen LogP contribution in [0.5, 0.6) is 0 Å². The highest BCUT2D eigenvalue weighted by Gasteiger charge is 2.02. The minimum Gasteiger partial charge on any atom is -0.253 e. The van der Waals surface area contributed by atoms with Gasteiger partial charge in [0.2, 0.25) is 0 Å². The fourth-order valence-electron chi connectivity index (χ4n) is 1.70. The second-order valence-electron chi connectivity index (χ2n) is 3.56. The zero-order chi connectivity index (χ0) is 12.8. The Morgan fingerprint density at radius 1 is 1.00 bits per heavy atom. The van der Waals surface area contributed by atoms with Crippen LogP contribution in [0.1, 0.15) is 11.3 Å². The van der Waals surface area contributed by atoms with E-state index in [-0.39, 0.29) is 6.54 Å². The molecule has 0 saturated heterocycles. The minimum atomic E-state index is 0.229. The van der Waals surface area contributed by atoms with E-state index < -0.39 is 0 Å². The summed E-state index contributed by atoms with van der Waals surface area (Å²) in [5, 5.41) is 7.96. The molecule has 0 fully saturated rings. The Bertz CT molecular complexity index is 666. The molecule has 7 heteroatoms. The first kappa shape index (κ1) is 11.7. The number of pyridine rings is 1. The zero-order valence-electron chi connectivity index (χ0n) is 9.43. The van der Waals surface area contributed by atoms with Crippen molar-refractivity contribution in [1.82, 2.24) is 4.98 Å². The molecule has 7 nitrogen and oxygen atoms in total. The lowest BCUT2D eigenvalue weighted by Crippen LogP contribution is -1.91. The normalized spacial score (nSPS) is 9.56. The van der Waals surface area contributed by atoms with Crippen molar-refractivity contribution in [3.63, 3.8) is 0 Å². The van der Waals surface area contributed by atoms with Crippen molar-refractivity contribution >= 4 is 10.9 Å². The van der Waals surface area contributed by atoms with Gasteiger partial charge in [0.05, 0.1) is 18.6 Å². The van der Waals surface area contributed by atoms with E-state index in [0.717, 1.165) is 16.5 Å². The van der Waals surface area contributed by atoms with Gasteiger partial charge in [-0.2, -0.15) is 0 Å². The first-order chi connectivity index (χ1) is 8.85. The van der Waals surface area contributed by atoms with Gasteiger partial charge in [0, 0.05) is 20.9 Å². The predicted molar refractivity (Wildman–Crippen MR) is 67.4 cm³/mol. The Morgan fingerprint density at radius 3 is 2.56 bits per heavy atom. The van der Waals surface area contributed by atoms with Crippen LogP contribution >= 0.6 is 0 Å². The van der Waals surface area contributed by atoms with Gasteiger partial charge in [-0.1, -0.05) is 28.4 Å². The maximum absolute atomic E-state index is 8.34. The number of hydrogen-bond donors (Lipinski definition) is 0. The fraction of sp³-hybridized carbons (Fsp3) is 0.182. The van der Waals surface area contributed by atoms with Gasteiger partial charge < -0.3 is 0 Å². The number of hydrogen-bond acceptors (Lipinski definition) is 3. The third-order valence-corrected chi connectivity index (χ3v) is 2.48. The monoisotopic (exact) mass is 239 g/mol. The molecule has 0 aliphatic carbocycles. The summed E-state index contributed by atoms with van der Waals surface area (Å²) in [5.41, 5.74) is 19.0. The number of nitrogens with zero attached hydrogens (tertiary/aromatic N) is 7. The SMILES string of the molecule is [N-]=[N+]=NCc1ccc2c(CN=[N+]=[N-])cccc2n1. The second-order valence-corrected chi connectivity index (χ2v) is 3.56. The van der Waals surface area contributed by atoms with E-state index in [2.05, 4.69) is 25.0 Å². The fourth-order valence-corrected chi connectivity index (χ4v) is 1.70. The highest BCUT2D eigenvalue weighted by atomic mass is 15.1. The van der Waals surface area contributed by atoms with Crippen molar-refractivity contribution in [2.24, 2.45) is 10.2 Å². The molecule has 1 heterocycles. The molecule has 0 bridgehead atoms. The van der Waals surface area contributed by atoms with Gasteiger partial charge in [-0.25, -0.2) is 0 Å². The summed E-state index contributed by atoms with van der Waals surface area (Å²) >= 11 is 0. The standard InChI is InChI=1S/C11H9N7/c12-17-14-6-8-2-1-3-11-10(8)5-4-9(16-11)7-15-18-13/h1-5H,6-7H2. The highest BCUT2D eigenvalue weighted by Crippen LogP contribution is 2.19. The molecule has 1 aromatic heterocycles. The lowest BCUT2D eigenvalue weighted by atomic mass is 10.1. The van der Waals surface area contributed by atoms with Crippen molar-refractivity contribution in [2.45, 2.75) is 13.1 Å². The van der Waals surface area contributed by atoms with Crippen molar-refractivity contribution in [1.29, 1.82) is 0 Å². The average molecular weight is 239 g/mol. The van der Waals surface area contributed by atoms with E-state index in [9.17, 15) is 0 Å². The Morgan fingerprint density at radius 2 is 1.78 bits per heavy atom. The summed E-state index contributed by atoms with van der Waals surface area (Å²) in [7, 11) is 0. The van der Waals surface area contributed by atoms with E-state index in [1.807, 2.05) is 24.3 Å². The summed E-state index contributed by atoms with van der Waals surface area (Å²) in [6.07, 6.45) is 0. The Labute approximate surface area is 102 Å². The van der Waals surface area contributed by atoms with Crippen LogP contribution in [0.3, 0.4) is 0 Å². The predicted octanol–water partition coefficient (Wildman–Crippen LogP) is 3.86. The first-order valence-electron chi connectivity index (χ1n) is 5.24. The van der Waals surface area contributed by atoms with Crippen molar-refractivity contribution < 1.29 is 0 Å². The molecular weight excluding hydrogens is 230 g/mol. The quantitative estimate of drug-likeness (QED) is 0.450. The highest BCUT2D eigenvalue weighted by molar-refractivity contribution is 5.82. The Kier molecular flexibility index (Phi) is 3.61. The number of benzene rings is 1. The summed E-state index contributed by atoms with van der Waals surface area (Å²) in [5.74, 6) is 0. The lowest BCUT2D eigenvalue weighted by molar-refractivity contribution is 0.988. The summed E-state index contributed by atoms with van der Waals surface area (Å²) in [6, 6.07) is 9.32.